The van der Waals surface area contributed by atoms with Crippen LogP contribution in [0.5, 0.6) is 0 Å². The highest BCUT2D eigenvalue weighted by Crippen LogP contribution is 2.31. The van der Waals surface area contributed by atoms with Gasteiger partial charge in [0.25, 0.3) is 0 Å². The quantitative estimate of drug-likeness (QED) is 0.182. The van der Waals surface area contributed by atoms with Gasteiger partial charge in [-0.05, 0) is 25.2 Å². The number of carbonyl (C=O) groups is 2. The molecule has 4 heteroatoms. The van der Waals surface area contributed by atoms with Crippen LogP contribution in [-0.2, 0) is 14.3 Å². The standard InChI is InChI=1S/C26H48O4/c1-22(2)18-14-12-10-8-6-4-3-5-7-9-11-13-17-21-30-26(29)24-20-16-15-19-23(24)25(27)28/h22-24H,3-21H2,1-2H3,(H,27,28). The first-order valence-electron chi connectivity index (χ1n) is 12.9. The zero-order valence-electron chi connectivity index (χ0n) is 19.8. The Kier molecular flexibility index (Phi) is 15.8. The van der Waals surface area contributed by atoms with Crippen LogP contribution in [0.3, 0.4) is 0 Å². The predicted molar refractivity (Wildman–Crippen MR) is 124 cm³/mol. The average Bonchev–Trinajstić information content (AvgIpc) is 2.73. The first kappa shape index (κ1) is 27.0. The van der Waals surface area contributed by atoms with E-state index in [9.17, 15) is 14.7 Å². The normalized spacial score (nSPS) is 19.2. The van der Waals surface area contributed by atoms with E-state index in [1.807, 2.05) is 0 Å². The minimum absolute atomic E-state index is 0.290. The third-order valence-corrected chi connectivity index (χ3v) is 6.56. The summed E-state index contributed by atoms with van der Waals surface area (Å²) in [5.74, 6) is -1.26. The monoisotopic (exact) mass is 424 g/mol. The average molecular weight is 425 g/mol. The van der Waals surface area contributed by atoms with Crippen LogP contribution in [0, 0.1) is 17.8 Å². The highest BCUT2D eigenvalue weighted by molar-refractivity contribution is 5.81. The molecule has 0 spiro atoms. The fraction of sp³-hybridized carbons (Fsp3) is 0.923. The highest BCUT2D eigenvalue weighted by atomic mass is 16.5. The third kappa shape index (κ3) is 13.3. The van der Waals surface area contributed by atoms with Gasteiger partial charge in [0, 0.05) is 0 Å². The van der Waals surface area contributed by atoms with Crippen LogP contribution >= 0.6 is 0 Å². The second-order valence-corrected chi connectivity index (χ2v) is 9.78. The Hall–Kier alpha value is -1.06. The number of unbranched alkanes of at least 4 members (excludes halogenated alkanes) is 12. The fourth-order valence-corrected chi connectivity index (χ4v) is 4.59. The van der Waals surface area contributed by atoms with E-state index in [4.69, 9.17) is 4.74 Å². The van der Waals surface area contributed by atoms with Crippen LogP contribution in [0.4, 0.5) is 0 Å². The summed E-state index contributed by atoms with van der Waals surface area (Å²) in [7, 11) is 0. The lowest BCUT2D eigenvalue weighted by molar-refractivity contribution is -0.159. The smallest absolute Gasteiger partial charge is 0.309 e. The molecule has 2 unspecified atom stereocenters. The number of carbonyl (C=O) groups excluding carboxylic acids is 1. The summed E-state index contributed by atoms with van der Waals surface area (Å²) in [4.78, 5) is 23.5. The van der Waals surface area contributed by atoms with Crippen molar-refractivity contribution >= 4 is 11.9 Å². The molecule has 30 heavy (non-hydrogen) atoms. The second-order valence-electron chi connectivity index (χ2n) is 9.78. The van der Waals surface area contributed by atoms with Gasteiger partial charge < -0.3 is 9.84 Å². The molecule has 2 atom stereocenters. The van der Waals surface area contributed by atoms with Crippen molar-refractivity contribution in [1.29, 1.82) is 0 Å². The maximum Gasteiger partial charge on any atom is 0.309 e. The molecule has 0 bridgehead atoms. The molecule has 1 aliphatic rings. The molecule has 0 aromatic heterocycles. The number of carboxylic acid groups (broad SMARTS) is 1. The Morgan fingerprint density at radius 1 is 0.733 bits per heavy atom. The number of rotatable bonds is 18. The van der Waals surface area contributed by atoms with Crippen molar-refractivity contribution in [2.45, 2.75) is 129 Å². The van der Waals surface area contributed by atoms with Crippen LogP contribution in [0.25, 0.3) is 0 Å². The largest absolute Gasteiger partial charge is 0.481 e. The predicted octanol–water partition coefficient (Wildman–Crippen LogP) is 7.54. The first-order valence-corrected chi connectivity index (χ1v) is 12.9. The Morgan fingerprint density at radius 3 is 1.63 bits per heavy atom. The third-order valence-electron chi connectivity index (χ3n) is 6.56. The van der Waals surface area contributed by atoms with Crippen molar-refractivity contribution in [3.05, 3.63) is 0 Å². The maximum atomic E-state index is 12.2. The van der Waals surface area contributed by atoms with Crippen LogP contribution in [0.2, 0.25) is 0 Å². The fourth-order valence-electron chi connectivity index (χ4n) is 4.59. The van der Waals surface area contributed by atoms with Crippen molar-refractivity contribution in [1.82, 2.24) is 0 Å². The summed E-state index contributed by atoms with van der Waals surface area (Å²) in [6, 6.07) is 0. The van der Waals surface area contributed by atoms with Crippen LogP contribution in [-0.4, -0.2) is 23.7 Å². The van der Waals surface area contributed by atoms with Crippen LogP contribution in [0.1, 0.15) is 129 Å². The maximum absolute atomic E-state index is 12.2. The van der Waals surface area contributed by atoms with Crippen molar-refractivity contribution in [2.75, 3.05) is 6.61 Å². The summed E-state index contributed by atoms with van der Waals surface area (Å²) in [6.45, 7) is 5.06. The van der Waals surface area contributed by atoms with E-state index in [2.05, 4.69) is 13.8 Å². The minimum Gasteiger partial charge on any atom is -0.481 e. The van der Waals surface area contributed by atoms with Crippen LogP contribution in [0.15, 0.2) is 0 Å². The van der Waals surface area contributed by atoms with E-state index in [1.54, 1.807) is 0 Å². The molecule has 4 nitrogen and oxygen atoms in total. The first-order chi connectivity index (χ1) is 14.5. The van der Waals surface area contributed by atoms with Gasteiger partial charge in [-0.2, -0.15) is 0 Å². The topological polar surface area (TPSA) is 63.6 Å². The van der Waals surface area contributed by atoms with Gasteiger partial charge in [0.05, 0.1) is 18.4 Å². The Bertz CT molecular complexity index is 446. The zero-order chi connectivity index (χ0) is 22.0. The van der Waals surface area contributed by atoms with Gasteiger partial charge in [0.15, 0.2) is 0 Å². The Morgan fingerprint density at radius 2 is 1.17 bits per heavy atom. The summed E-state index contributed by atoms with van der Waals surface area (Å²) >= 11 is 0. The van der Waals surface area contributed by atoms with Crippen molar-refractivity contribution in [2.24, 2.45) is 17.8 Å². The number of hydrogen-bond acceptors (Lipinski definition) is 3. The van der Waals surface area contributed by atoms with E-state index >= 15 is 0 Å². The van der Waals surface area contributed by atoms with E-state index in [-0.39, 0.29) is 5.97 Å². The molecular weight excluding hydrogens is 376 g/mol. The van der Waals surface area contributed by atoms with Gasteiger partial charge >= 0.3 is 11.9 Å². The van der Waals surface area contributed by atoms with E-state index < -0.39 is 17.8 Å². The number of hydrogen-bond donors (Lipinski definition) is 1. The Balaban J connectivity index is 1.85. The molecule has 0 aliphatic heterocycles. The SMILES string of the molecule is CC(C)CCCCCCCCCCCCCCCOC(=O)C1CCCCC1C(=O)O. The molecule has 0 saturated heterocycles. The van der Waals surface area contributed by atoms with Crippen molar-refractivity contribution in [3.63, 3.8) is 0 Å². The Labute approximate surface area is 185 Å². The lowest BCUT2D eigenvalue weighted by Gasteiger charge is -2.26. The van der Waals surface area contributed by atoms with Gasteiger partial charge in [0.2, 0.25) is 0 Å². The lowest BCUT2D eigenvalue weighted by Crippen LogP contribution is -2.33. The highest BCUT2D eigenvalue weighted by Gasteiger charge is 2.36. The number of carboxylic acids is 1. The van der Waals surface area contributed by atoms with Gasteiger partial charge in [-0.1, -0.05) is 110 Å². The number of esters is 1. The molecule has 1 rings (SSSR count). The second kappa shape index (κ2) is 17.6. The lowest BCUT2D eigenvalue weighted by atomic mass is 9.79. The van der Waals surface area contributed by atoms with Crippen molar-refractivity contribution in [3.8, 4) is 0 Å². The van der Waals surface area contributed by atoms with Crippen LogP contribution < -0.4 is 0 Å². The summed E-state index contributed by atoms with van der Waals surface area (Å²) in [5.41, 5.74) is 0. The molecule has 0 radical (unpaired) electrons. The number of aliphatic carboxylic acids is 1. The molecule has 0 aromatic rings. The van der Waals surface area contributed by atoms with Gasteiger partial charge in [-0.25, -0.2) is 0 Å². The molecular formula is C26H48O4. The van der Waals surface area contributed by atoms with Crippen molar-refractivity contribution < 1.29 is 19.4 Å². The van der Waals surface area contributed by atoms with E-state index in [1.165, 1.54) is 77.0 Å². The van der Waals surface area contributed by atoms with Gasteiger partial charge in [-0.15, -0.1) is 0 Å². The summed E-state index contributed by atoms with van der Waals surface area (Å²) < 4.78 is 5.38. The molecule has 1 saturated carbocycles. The van der Waals surface area contributed by atoms with Gasteiger partial charge in [-0.3, -0.25) is 9.59 Å². The molecule has 1 fully saturated rings. The molecule has 176 valence electrons. The molecule has 0 amide bonds. The molecule has 0 aromatic carbocycles. The van der Waals surface area contributed by atoms with Gasteiger partial charge in [0.1, 0.15) is 0 Å². The summed E-state index contributed by atoms with van der Waals surface area (Å²) in [5, 5.41) is 9.27. The van der Waals surface area contributed by atoms with E-state index in [0.717, 1.165) is 31.6 Å². The molecule has 1 aliphatic carbocycles. The van der Waals surface area contributed by atoms with E-state index in [0.29, 0.717) is 19.4 Å². The molecule has 1 N–H and O–H groups in total. The molecule has 0 heterocycles. The summed E-state index contributed by atoms with van der Waals surface area (Å²) in [6.07, 6.45) is 21.4. The zero-order valence-corrected chi connectivity index (χ0v) is 19.8. The minimum atomic E-state index is -0.849. The number of ether oxygens (including phenoxy) is 1.